The van der Waals surface area contributed by atoms with Gasteiger partial charge in [0.2, 0.25) is 5.91 Å². The number of β-lactam (4-membered cyclic amide) rings is 1. The first kappa shape index (κ1) is 26.0. The van der Waals surface area contributed by atoms with Crippen molar-refractivity contribution in [3.05, 3.63) is 112 Å². The van der Waals surface area contributed by atoms with Crippen molar-refractivity contribution >= 4 is 25.4 Å². The number of carbonyl (C=O) groups is 2. The summed E-state index contributed by atoms with van der Waals surface area (Å²) in [5.41, 5.74) is 0.217. The number of fused-ring (bicyclic) bond motifs is 1. The van der Waals surface area contributed by atoms with Crippen LogP contribution in [0.3, 0.4) is 0 Å². The number of non-ortho nitro benzene ring substituents is 1. The van der Waals surface area contributed by atoms with E-state index < -0.39 is 24.6 Å². The van der Waals surface area contributed by atoms with Crippen LogP contribution in [0.15, 0.2) is 96.4 Å². The molecular weight excluding hydrogens is 527 g/mol. The largest absolute Gasteiger partial charge is 0.646 e. The highest BCUT2D eigenvalue weighted by atomic mass is 31.2. The molecule has 0 radical (unpaired) electrons. The zero-order chi connectivity index (χ0) is 27.6. The molecule has 1 fully saturated rings. The van der Waals surface area contributed by atoms with Crippen molar-refractivity contribution in [1.82, 2.24) is 4.90 Å². The zero-order valence-corrected chi connectivity index (χ0v) is 21.6. The van der Waals surface area contributed by atoms with E-state index in [2.05, 4.69) is 0 Å². The fraction of sp³-hybridized carbons (Fsp3) is 0.185. The van der Waals surface area contributed by atoms with Gasteiger partial charge in [-0.05, 0) is 42.0 Å². The third-order valence-electron chi connectivity index (χ3n) is 6.29. The van der Waals surface area contributed by atoms with Gasteiger partial charge in [-0.25, -0.2) is 4.79 Å². The summed E-state index contributed by atoms with van der Waals surface area (Å²) in [5.74, 6) is -1.31. The van der Waals surface area contributed by atoms with Gasteiger partial charge in [-0.3, -0.25) is 19.8 Å². The number of esters is 1. The number of phosphoric ester groups is 1. The Balaban J connectivity index is 1.44. The molecule has 0 bridgehead atoms. The fourth-order valence-corrected chi connectivity index (χ4v) is 5.66. The molecule has 11 nitrogen and oxygen atoms in total. The smallest absolute Gasteiger partial charge is 0.456 e. The zero-order valence-electron chi connectivity index (χ0n) is 20.7. The molecule has 2 heterocycles. The lowest BCUT2D eigenvalue weighted by Gasteiger charge is -2.37. The number of ether oxygens (including phenoxy) is 1. The SMILES string of the molecule is C[C@H]1C(OP(=O)(Oc2ccccc2)Oc2ccccc2)=C(C(=O)OCc2ccc([N+](=O)[O-])cc2)N2C(=O)CC12. The van der Waals surface area contributed by atoms with Crippen molar-refractivity contribution < 1.29 is 37.4 Å². The molecule has 0 spiro atoms. The number of nitro groups is 1. The average Bonchev–Trinajstić information content (AvgIpc) is 3.14. The van der Waals surface area contributed by atoms with Gasteiger partial charge < -0.3 is 18.3 Å². The van der Waals surface area contributed by atoms with E-state index in [9.17, 15) is 24.3 Å². The van der Waals surface area contributed by atoms with Crippen molar-refractivity contribution in [2.75, 3.05) is 0 Å². The van der Waals surface area contributed by atoms with Crippen molar-refractivity contribution in [2.45, 2.75) is 26.0 Å². The molecule has 5 rings (SSSR count). The predicted molar refractivity (Wildman–Crippen MR) is 137 cm³/mol. The van der Waals surface area contributed by atoms with E-state index in [0.29, 0.717) is 5.56 Å². The number of benzene rings is 3. The summed E-state index contributed by atoms with van der Waals surface area (Å²) < 4.78 is 36.7. The van der Waals surface area contributed by atoms with Gasteiger partial charge in [0.15, 0.2) is 5.70 Å². The number of carbonyl (C=O) groups excluding carboxylic acids is 2. The summed E-state index contributed by atoms with van der Waals surface area (Å²) in [6, 6.07) is 21.7. The summed E-state index contributed by atoms with van der Waals surface area (Å²) in [5, 5.41) is 10.9. The first-order chi connectivity index (χ1) is 18.7. The molecule has 3 aromatic carbocycles. The second-order valence-electron chi connectivity index (χ2n) is 8.88. The highest BCUT2D eigenvalue weighted by Crippen LogP contribution is 2.56. The van der Waals surface area contributed by atoms with E-state index in [4.69, 9.17) is 18.3 Å². The Morgan fingerprint density at radius 1 is 0.949 bits per heavy atom. The van der Waals surface area contributed by atoms with E-state index >= 15 is 0 Å². The maximum Gasteiger partial charge on any atom is 0.646 e. The van der Waals surface area contributed by atoms with Crippen LogP contribution in [0.25, 0.3) is 0 Å². The number of rotatable bonds is 10. The Labute approximate surface area is 223 Å². The lowest BCUT2D eigenvalue weighted by Crippen LogP contribution is -2.51. The maximum absolute atomic E-state index is 14.0. The molecule has 2 atom stereocenters. The van der Waals surface area contributed by atoms with Gasteiger partial charge in [0, 0.05) is 24.5 Å². The van der Waals surface area contributed by atoms with Crippen LogP contribution in [-0.2, 0) is 30.0 Å². The Hall–Kier alpha value is -4.63. The Bertz CT molecular complexity index is 1430. The summed E-state index contributed by atoms with van der Waals surface area (Å²) in [6.07, 6.45) is 0.177. The van der Waals surface area contributed by atoms with E-state index in [1.54, 1.807) is 67.6 Å². The van der Waals surface area contributed by atoms with E-state index in [0.717, 1.165) is 0 Å². The van der Waals surface area contributed by atoms with Gasteiger partial charge in [-0.15, -0.1) is 0 Å². The Kier molecular flexibility index (Phi) is 7.08. The number of para-hydroxylation sites is 2. The van der Waals surface area contributed by atoms with Crippen LogP contribution in [0.5, 0.6) is 11.5 Å². The lowest BCUT2D eigenvalue weighted by molar-refractivity contribution is -0.384. The van der Waals surface area contributed by atoms with E-state index in [-0.39, 0.29) is 53.6 Å². The molecule has 2 aliphatic heterocycles. The molecule has 0 N–H and O–H groups in total. The Morgan fingerprint density at radius 2 is 1.51 bits per heavy atom. The number of phosphoric acid groups is 1. The maximum atomic E-state index is 14.0. The third-order valence-corrected chi connectivity index (χ3v) is 7.58. The number of nitrogens with zero attached hydrogens (tertiary/aromatic N) is 2. The number of nitro benzene ring substituents is 1. The molecule has 0 saturated carbocycles. The quantitative estimate of drug-likeness (QED) is 0.107. The van der Waals surface area contributed by atoms with E-state index in [1.165, 1.54) is 29.2 Å². The molecule has 2 aliphatic rings. The molecule has 0 aliphatic carbocycles. The second kappa shape index (κ2) is 10.6. The van der Waals surface area contributed by atoms with Crippen LogP contribution < -0.4 is 9.05 Å². The van der Waals surface area contributed by atoms with Crippen LogP contribution in [0.1, 0.15) is 18.9 Å². The first-order valence-corrected chi connectivity index (χ1v) is 13.5. The normalized spacial score (nSPS) is 18.2. The average molecular weight is 550 g/mol. The minimum atomic E-state index is -4.43. The lowest BCUT2D eigenvalue weighted by atomic mass is 9.93. The molecule has 12 heteroatoms. The minimum Gasteiger partial charge on any atom is -0.456 e. The molecular formula is C27H23N2O9P. The van der Waals surface area contributed by atoms with Gasteiger partial charge in [-0.1, -0.05) is 43.3 Å². The Morgan fingerprint density at radius 3 is 2.03 bits per heavy atom. The second-order valence-corrected chi connectivity index (χ2v) is 10.3. The highest BCUT2D eigenvalue weighted by molar-refractivity contribution is 7.49. The van der Waals surface area contributed by atoms with Crippen LogP contribution in [0.4, 0.5) is 5.69 Å². The number of amides is 1. The van der Waals surface area contributed by atoms with E-state index in [1.807, 2.05) is 0 Å². The van der Waals surface area contributed by atoms with Crippen molar-refractivity contribution in [1.29, 1.82) is 0 Å². The fourth-order valence-electron chi connectivity index (χ4n) is 4.29. The topological polar surface area (TPSA) is 135 Å². The van der Waals surface area contributed by atoms with Gasteiger partial charge in [-0.2, -0.15) is 4.57 Å². The van der Waals surface area contributed by atoms with Gasteiger partial charge in [0.1, 0.15) is 23.9 Å². The molecule has 1 unspecified atom stereocenters. The molecule has 0 aromatic heterocycles. The molecule has 200 valence electrons. The summed E-state index contributed by atoms with van der Waals surface area (Å²) in [7, 11) is -4.43. The summed E-state index contributed by atoms with van der Waals surface area (Å²) in [4.78, 5) is 37.4. The standard InChI is InChI=1S/C27H23N2O9P/c1-18-23-16-24(30)28(23)25(27(31)35-17-19-12-14-20(15-13-19)29(32)33)26(18)38-39(34,36-21-8-4-2-5-9-21)37-22-10-6-3-7-11-22/h2-15,18,23H,16-17H2,1H3/t18-,23?/m1/s1. The molecule has 1 amide bonds. The minimum absolute atomic E-state index is 0.0465. The summed E-state index contributed by atoms with van der Waals surface area (Å²) in [6.45, 7) is 1.53. The van der Waals surface area contributed by atoms with Crippen LogP contribution in [-0.4, -0.2) is 27.7 Å². The van der Waals surface area contributed by atoms with Crippen LogP contribution in [0, 0.1) is 16.0 Å². The summed E-state index contributed by atoms with van der Waals surface area (Å²) >= 11 is 0. The first-order valence-electron chi connectivity index (χ1n) is 12.0. The number of hydrogen-bond acceptors (Lipinski definition) is 9. The molecule has 1 saturated heterocycles. The van der Waals surface area contributed by atoms with Crippen molar-refractivity contribution in [3.63, 3.8) is 0 Å². The third kappa shape index (κ3) is 5.49. The highest BCUT2D eigenvalue weighted by Gasteiger charge is 2.55. The predicted octanol–water partition coefficient (Wildman–Crippen LogP) is 5.38. The molecule has 3 aromatic rings. The van der Waals surface area contributed by atoms with Crippen LogP contribution >= 0.6 is 7.82 Å². The monoisotopic (exact) mass is 550 g/mol. The van der Waals surface area contributed by atoms with Crippen LogP contribution in [0.2, 0.25) is 0 Å². The van der Waals surface area contributed by atoms with Crippen molar-refractivity contribution in [2.24, 2.45) is 5.92 Å². The van der Waals surface area contributed by atoms with Gasteiger partial charge in [0.05, 0.1) is 11.0 Å². The van der Waals surface area contributed by atoms with Gasteiger partial charge >= 0.3 is 13.8 Å². The van der Waals surface area contributed by atoms with Crippen molar-refractivity contribution in [3.8, 4) is 11.5 Å². The molecule has 39 heavy (non-hydrogen) atoms. The number of hydrogen-bond donors (Lipinski definition) is 0. The van der Waals surface area contributed by atoms with Gasteiger partial charge in [0.25, 0.3) is 5.69 Å².